The Hall–Kier alpha value is -1.29. The largest absolute Gasteiger partial charge is 0.466 e. The van der Waals surface area contributed by atoms with Crippen LogP contribution in [-0.2, 0) is 16.0 Å². The molecule has 1 heterocycles. The van der Waals surface area contributed by atoms with Crippen LogP contribution in [0.25, 0.3) is 11.0 Å². The van der Waals surface area contributed by atoms with Gasteiger partial charge in [-0.25, -0.2) is 0 Å². The first-order valence-electron chi connectivity index (χ1n) is 7.40. The van der Waals surface area contributed by atoms with Crippen LogP contribution in [0.4, 0.5) is 0 Å². The second-order valence-corrected chi connectivity index (χ2v) is 6.20. The first kappa shape index (κ1) is 16.1. The van der Waals surface area contributed by atoms with Crippen molar-refractivity contribution < 1.29 is 13.9 Å². The van der Waals surface area contributed by atoms with Gasteiger partial charge in [-0.2, -0.15) is 0 Å². The molecule has 0 aliphatic heterocycles. The number of halogens is 1. The highest BCUT2D eigenvalue weighted by Gasteiger charge is 2.37. The fraction of sp³-hybridized carbons (Fsp3) is 0.471. The molecule has 1 aromatic carbocycles. The van der Waals surface area contributed by atoms with Crippen LogP contribution in [0.5, 0.6) is 0 Å². The predicted molar refractivity (Wildman–Crippen MR) is 87.3 cm³/mol. The third-order valence-electron chi connectivity index (χ3n) is 4.10. The minimum atomic E-state index is -0.499. The van der Waals surface area contributed by atoms with Crippen molar-refractivity contribution in [1.29, 1.82) is 0 Å². The summed E-state index contributed by atoms with van der Waals surface area (Å²) in [5, 5.41) is 1.05. The fourth-order valence-corrected chi connectivity index (χ4v) is 3.01. The normalized spacial score (nSPS) is 11.8. The van der Waals surface area contributed by atoms with Gasteiger partial charge in [-0.15, -0.1) is 0 Å². The Balaban J connectivity index is 2.32. The molecule has 114 valence electrons. The third-order valence-corrected chi connectivity index (χ3v) is 4.60. The average Bonchev–Trinajstić information content (AvgIpc) is 2.86. The van der Waals surface area contributed by atoms with E-state index in [-0.39, 0.29) is 5.97 Å². The summed E-state index contributed by atoms with van der Waals surface area (Å²) < 4.78 is 12.2. The monoisotopic (exact) mass is 352 g/mol. The zero-order chi connectivity index (χ0) is 15.5. The first-order chi connectivity index (χ1) is 10.0. The minimum absolute atomic E-state index is 0.128. The molecular weight excluding hydrogens is 332 g/mol. The van der Waals surface area contributed by atoms with E-state index < -0.39 is 5.41 Å². The van der Waals surface area contributed by atoms with E-state index >= 15 is 0 Å². The molecule has 0 saturated carbocycles. The number of benzene rings is 1. The molecule has 0 spiro atoms. The van der Waals surface area contributed by atoms with E-state index in [2.05, 4.69) is 15.9 Å². The number of carbonyl (C=O) groups is 1. The van der Waals surface area contributed by atoms with Gasteiger partial charge < -0.3 is 9.15 Å². The van der Waals surface area contributed by atoms with Crippen molar-refractivity contribution in [1.82, 2.24) is 0 Å². The van der Waals surface area contributed by atoms with Gasteiger partial charge in [0.15, 0.2) is 0 Å². The summed E-state index contributed by atoms with van der Waals surface area (Å²) in [6.45, 7) is 6.31. The summed E-state index contributed by atoms with van der Waals surface area (Å²) in [5.74, 6) is 0.705. The van der Waals surface area contributed by atoms with Crippen LogP contribution in [0.3, 0.4) is 0 Å². The quantitative estimate of drug-likeness (QED) is 0.678. The highest BCUT2D eigenvalue weighted by Crippen LogP contribution is 2.35. The van der Waals surface area contributed by atoms with Crippen LogP contribution in [-0.4, -0.2) is 12.6 Å². The Labute approximate surface area is 133 Å². The Morgan fingerprint density at radius 1 is 1.24 bits per heavy atom. The zero-order valence-electron chi connectivity index (χ0n) is 12.7. The maximum absolute atomic E-state index is 12.3. The molecule has 2 aromatic rings. The Morgan fingerprint density at radius 3 is 2.57 bits per heavy atom. The van der Waals surface area contributed by atoms with Gasteiger partial charge >= 0.3 is 5.97 Å². The fourth-order valence-electron chi connectivity index (χ4n) is 2.63. The van der Waals surface area contributed by atoms with Gasteiger partial charge in [0, 0.05) is 16.3 Å². The van der Waals surface area contributed by atoms with Crippen LogP contribution < -0.4 is 0 Å². The Morgan fingerprint density at radius 2 is 1.95 bits per heavy atom. The first-order valence-corrected chi connectivity index (χ1v) is 8.19. The molecule has 0 unspecified atom stereocenters. The van der Waals surface area contributed by atoms with Crippen LogP contribution in [0.15, 0.2) is 33.2 Å². The van der Waals surface area contributed by atoms with Crippen molar-refractivity contribution in [2.24, 2.45) is 5.41 Å². The summed E-state index contributed by atoms with van der Waals surface area (Å²) in [6, 6.07) is 7.92. The second kappa shape index (κ2) is 6.65. The average molecular weight is 353 g/mol. The molecule has 21 heavy (non-hydrogen) atoms. The molecule has 0 saturated heterocycles. The number of esters is 1. The van der Waals surface area contributed by atoms with Gasteiger partial charge in [-0.3, -0.25) is 4.79 Å². The van der Waals surface area contributed by atoms with Gasteiger partial charge in [0.1, 0.15) is 11.3 Å². The summed E-state index contributed by atoms with van der Waals surface area (Å²) in [7, 11) is 0. The Bertz CT molecular complexity index is 626. The molecule has 0 radical (unpaired) electrons. The topological polar surface area (TPSA) is 39.4 Å². The van der Waals surface area contributed by atoms with E-state index in [0.29, 0.717) is 13.0 Å². The number of furan rings is 1. The standard InChI is InChI=1S/C17H21BrO3/c1-4-17(5-2,16(19)20-6-3)11-14-10-12-9-13(18)7-8-15(12)21-14/h7-10H,4-6,11H2,1-3H3. The molecule has 2 rings (SSSR count). The highest BCUT2D eigenvalue weighted by atomic mass is 79.9. The second-order valence-electron chi connectivity index (χ2n) is 5.28. The number of ether oxygens (including phenoxy) is 1. The smallest absolute Gasteiger partial charge is 0.312 e. The number of hydrogen-bond acceptors (Lipinski definition) is 3. The van der Waals surface area contributed by atoms with E-state index in [1.807, 2.05) is 45.0 Å². The van der Waals surface area contributed by atoms with Gasteiger partial charge in [0.05, 0.1) is 12.0 Å². The van der Waals surface area contributed by atoms with Crippen molar-refractivity contribution in [3.8, 4) is 0 Å². The van der Waals surface area contributed by atoms with Crippen LogP contribution >= 0.6 is 15.9 Å². The van der Waals surface area contributed by atoms with E-state index in [4.69, 9.17) is 9.15 Å². The van der Waals surface area contributed by atoms with Crippen molar-refractivity contribution in [2.45, 2.75) is 40.0 Å². The van der Waals surface area contributed by atoms with Gasteiger partial charge in [-0.1, -0.05) is 29.8 Å². The zero-order valence-corrected chi connectivity index (χ0v) is 14.3. The van der Waals surface area contributed by atoms with Crippen molar-refractivity contribution in [3.63, 3.8) is 0 Å². The number of carbonyl (C=O) groups excluding carboxylic acids is 1. The van der Waals surface area contributed by atoms with E-state index in [1.54, 1.807) is 0 Å². The van der Waals surface area contributed by atoms with E-state index in [0.717, 1.165) is 34.0 Å². The van der Waals surface area contributed by atoms with Gasteiger partial charge in [-0.05, 0) is 44.0 Å². The summed E-state index contributed by atoms with van der Waals surface area (Å²) in [6.07, 6.45) is 2.05. The molecule has 1 aromatic heterocycles. The molecule has 0 fully saturated rings. The van der Waals surface area contributed by atoms with Crippen molar-refractivity contribution in [3.05, 3.63) is 34.5 Å². The van der Waals surface area contributed by atoms with Crippen LogP contribution in [0.1, 0.15) is 39.4 Å². The lowest BCUT2D eigenvalue weighted by atomic mass is 9.78. The van der Waals surface area contributed by atoms with Crippen molar-refractivity contribution >= 4 is 32.9 Å². The van der Waals surface area contributed by atoms with Crippen LogP contribution in [0, 0.1) is 5.41 Å². The third kappa shape index (κ3) is 3.31. The molecular formula is C17H21BrO3. The summed E-state index contributed by atoms with van der Waals surface area (Å²) in [5.41, 5.74) is 0.347. The molecule has 0 atom stereocenters. The van der Waals surface area contributed by atoms with Crippen molar-refractivity contribution in [2.75, 3.05) is 6.61 Å². The van der Waals surface area contributed by atoms with Gasteiger partial charge in [0.2, 0.25) is 0 Å². The lowest BCUT2D eigenvalue weighted by Gasteiger charge is -2.28. The molecule has 0 amide bonds. The lowest BCUT2D eigenvalue weighted by Crippen LogP contribution is -2.34. The molecule has 0 N–H and O–H groups in total. The van der Waals surface area contributed by atoms with Gasteiger partial charge in [0.25, 0.3) is 0 Å². The maximum atomic E-state index is 12.3. The minimum Gasteiger partial charge on any atom is -0.466 e. The van der Waals surface area contributed by atoms with Crippen LogP contribution in [0.2, 0.25) is 0 Å². The van der Waals surface area contributed by atoms with E-state index in [9.17, 15) is 4.79 Å². The Kier molecular flexibility index (Phi) is 5.09. The molecule has 0 aliphatic carbocycles. The molecule has 0 bridgehead atoms. The molecule has 4 heteroatoms. The summed E-state index contributed by atoms with van der Waals surface area (Å²) in [4.78, 5) is 12.3. The SMILES string of the molecule is CCOC(=O)C(CC)(CC)Cc1cc2cc(Br)ccc2o1. The number of rotatable bonds is 6. The maximum Gasteiger partial charge on any atom is 0.312 e. The number of fused-ring (bicyclic) bond motifs is 1. The molecule has 3 nitrogen and oxygen atoms in total. The summed E-state index contributed by atoms with van der Waals surface area (Å²) >= 11 is 3.46. The predicted octanol–water partition coefficient (Wildman–Crippen LogP) is 5.11. The van der Waals surface area contributed by atoms with E-state index in [1.165, 1.54) is 0 Å². The molecule has 0 aliphatic rings. The lowest BCUT2D eigenvalue weighted by molar-refractivity contribution is -0.156. The number of hydrogen-bond donors (Lipinski definition) is 0. The highest BCUT2D eigenvalue weighted by molar-refractivity contribution is 9.10.